The summed E-state index contributed by atoms with van der Waals surface area (Å²) in [4.78, 5) is 25.0. The van der Waals surface area contributed by atoms with Crippen molar-refractivity contribution >= 4 is 27.6 Å². The maximum atomic E-state index is 12.8. The molecule has 0 aromatic heterocycles. The van der Waals surface area contributed by atoms with Crippen LogP contribution in [-0.4, -0.2) is 50.9 Å². The molecule has 9 nitrogen and oxygen atoms in total. The first-order chi connectivity index (χ1) is 15.7. The summed E-state index contributed by atoms with van der Waals surface area (Å²) in [5.41, 5.74) is 0.951. The number of anilines is 1. The van der Waals surface area contributed by atoms with Crippen LogP contribution in [0.1, 0.15) is 25.3 Å². The van der Waals surface area contributed by atoms with E-state index >= 15 is 0 Å². The minimum atomic E-state index is -3.67. The molecule has 1 N–H and O–H groups in total. The second kappa shape index (κ2) is 10.5. The van der Waals surface area contributed by atoms with Crippen molar-refractivity contribution in [2.45, 2.75) is 30.8 Å². The lowest BCUT2D eigenvalue weighted by Gasteiger charge is -2.30. The Labute approximate surface area is 193 Å². The molecule has 0 radical (unpaired) electrons. The predicted octanol–water partition coefficient (Wildman–Crippen LogP) is 2.54. The van der Waals surface area contributed by atoms with Gasteiger partial charge < -0.3 is 14.8 Å². The summed E-state index contributed by atoms with van der Waals surface area (Å²) in [6.45, 7) is 1.83. The van der Waals surface area contributed by atoms with Crippen LogP contribution >= 0.6 is 0 Å². The number of sulfonamides is 1. The number of benzene rings is 2. The van der Waals surface area contributed by atoms with Crippen molar-refractivity contribution in [2.75, 3.05) is 25.5 Å². The molecule has 33 heavy (non-hydrogen) atoms. The second-order valence-electron chi connectivity index (χ2n) is 7.61. The number of nitriles is 1. The zero-order chi connectivity index (χ0) is 24.0. The van der Waals surface area contributed by atoms with Crippen LogP contribution in [0.15, 0.2) is 53.4 Å². The van der Waals surface area contributed by atoms with Gasteiger partial charge in [0.15, 0.2) is 6.10 Å². The van der Waals surface area contributed by atoms with Crippen LogP contribution in [0.3, 0.4) is 0 Å². The number of nitrogens with one attached hydrogen (secondary N) is 1. The monoisotopic (exact) mass is 471 g/mol. The van der Waals surface area contributed by atoms with E-state index < -0.39 is 33.9 Å². The fraction of sp³-hybridized carbons (Fsp3) is 0.348. The van der Waals surface area contributed by atoms with Gasteiger partial charge in [0.05, 0.1) is 29.6 Å². The summed E-state index contributed by atoms with van der Waals surface area (Å²) >= 11 is 0. The van der Waals surface area contributed by atoms with Gasteiger partial charge in [-0.05, 0) is 68.3 Å². The zero-order valence-corrected chi connectivity index (χ0v) is 19.2. The number of ether oxygens (including phenoxy) is 2. The van der Waals surface area contributed by atoms with E-state index in [1.165, 1.54) is 30.5 Å². The van der Waals surface area contributed by atoms with Gasteiger partial charge in [-0.3, -0.25) is 9.59 Å². The Balaban J connectivity index is 1.51. The van der Waals surface area contributed by atoms with Gasteiger partial charge in [0, 0.05) is 18.8 Å². The van der Waals surface area contributed by atoms with E-state index in [1.807, 2.05) is 6.07 Å². The zero-order valence-electron chi connectivity index (χ0n) is 18.4. The highest BCUT2D eigenvalue weighted by molar-refractivity contribution is 7.89. The number of hydrogen-bond acceptors (Lipinski definition) is 7. The molecular formula is C23H25N3O6S. The molecule has 1 saturated heterocycles. The van der Waals surface area contributed by atoms with E-state index in [0.717, 1.165) is 0 Å². The number of esters is 1. The summed E-state index contributed by atoms with van der Waals surface area (Å²) in [5, 5.41) is 11.5. The van der Waals surface area contributed by atoms with Crippen LogP contribution in [0.25, 0.3) is 0 Å². The first-order valence-corrected chi connectivity index (χ1v) is 11.8. The molecule has 1 heterocycles. The number of methoxy groups -OCH3 is 1. The van der Waals surface area contributed by atoms with Gasteiger partial charge in [-0.1, -0.05) is 0 Å². The number of piperidine rings is 1. The van der Waals surface area contributed by atoms with Crippen molar-refractivity contribution in [3.63, 3.8) is 0 Å². The van der Waals surface area contributed by atoms with Crippen LogP contribution in [-0.2, 0) is 24.3 Å². The van der Waals surface area contributed by atoms with E-state index in [2.05, 4.69) is 5.32 Å². The Morgan fingerprint density at radius 1 is 1.09 bits per heavy atom. The second-order valence-corrected chi connectivity index (χ2v) is 9.55. The molecule has 0 aliphatic carbocycles. The molecule has 10 heteroatoms. The molecule has 0 unspecified atom stereocenters. The highest BCUT2D eigenvalue weighted by Crippen LogP contribution is 2.26. The summed E-state index contributed by atoms with van der Waals surface area (Å²) < 4.78 is 37.4. The smallest absolute Gasteiger partial charge is 0.309 e. The number of carbonyl (C=O) groups is 2. The van der Waals surface area contributed by atoms with Gasteiger partial charge in [0.25, 0.3) is 5.91 Å². The van der Waals surface area contributed by atoms with Crippen molar-refractivity contribution in [2.24, 2.45) is 5.92 Å². The average Bonchev–Trinajstić information content (AvgIpc) is 2.84. The molecular weight excluding hydrogens is 446 g/mol. The van der Waals surface area contributed by atoms with E-state index in [1.54, 1.807) is 36.4 Å². The van der Waals surface area contributed by atoms with Crippen LogP contribution in [0.4, 0.5) is 5.69 Å². The van der Waals surface area contributed by atoms with Gasteiger partial charge in [0.1, 0.15) is 5.75 Å². The third-order valence-electron chi connectivity index (χ3n) is 5.43. The van der Waals surface area contributed by atoms with E-state index in [4.69, 9.17) is 14.7 Å². The van der Waals surface area contributed by atoms with Crippen LogP contribution in [0.5, 0.6) is 5.75 Å². The van der Waals surface area contributed by atoms with Crippen molar-refractivity contribution in [1.29, 1.82) is 5.26 Å². The number of carbonyl (C=O) groups excluding carboxylic acids is 2. The molecule has 1 fully saturated rings. The van der Waals surface area contributed by atoms with Gasteiger partial charge in [-0.15, -0.1) is 0 Å². The van der Waals surface area contributed by atoms with E-state index in [0.29, 0.717) is 29.8 Å². The number of rotatable bonds is 7. The standard InChI is InChI=1S/C23H25N3O6S/c1-16(22(27)25-19-5-3-17(15-24)4-6-19)32-23(28)18-11-13-26(14-12-18)33(29,30)21-9-7-20(31-2)8-10-21/h3-10,16,18H,11-14H2,1-2H3,(H,25,27)/t16-/m0/s1. The molecule has 1 atom stereocenters. The molecule has 2 aromatic carbocycles. The average molecular weight is 472 g/mol. The lowest BCUT2D eigenvalue weighted by molar-refractivity contribution is -0.158. The lowest BCUT2D eigenvalue weighted by atomic mass is 9.98. The summed E-state index contributed by atoms with van der Waals surface area (Å²) in [7, 11) is -2.17. The van der Waals surface area contributed by atoms with Crippen LogP contribution in [0.2, 0.25) is 0 Å². The normalized spacial score (nSPS) is 15.8. The van der Waals surface area contributed by atoms with Gasteiger partial charge in [-0.25, -0.2) is 8.42 Å². The molecule has 0 bridgehead atoms. The first kappa shape index (κ1) is 24.2. The maximum absolute atomic E-state index is 12.8. The lowest BCUT2D eigenvalue weighted by Crippen LogP contribution is -2.41. The molecule has 1 amide bonds. The third-order valence-corrected chi connectivity index (χ3v) is 7.34. The molecule has 3 rings (SSSR count). The van der Waals surface area contributed by atoms with E-state index in [-0.39, 0.29) is 18.0 Å². The summed E-state index contributed by atoms with van der Waals surface area (Å²) in [6, 6.07) is 14.5. The molecule has 0 spiro atoms. The number of amides is 1. The van der Waals surface area contributed by atoms with Crippen LogP contribution in [0, 0.1) is 17.2 Å². The Morgan fingerprint density at radius 3 is 2.24 bits per heavy atom. The minimum Gasteiger partial charge on any atom is -0.497 e. The highest BCUT2D eigenvalue weighted by atomic mass is 32.2. The van der Waals surface area contributed by atoms with Crippen molar-refractivity contribution in [1.82, 2.24) is 4.31 Å². The van der Waals surface area contributed by atoms with Crippen LogP contribution < -0.4 is 10.1 Å². The SMILES string of the molecule is COc1ccc(S(=O)(=O)N2CCC(C(=O)O[C@@H](C)C(=O)Nc3ccc(C#N)cc3)CC2)cc1. The molecule has 2 aromatic rings. The largest absolute Gasteiger partial charge is 0.497 e. The van der Waals surface area contributed by atoms with Gasteiger partial charge in [0.2, 0.25) is 10.0 Å². The molecule has 174 valence electrons. The Bertz CT molecular complexity index is 1130. The molecule has 1 aliphatic rings. The first-order valence-electron chi connectivity index (χ1n) is 10.4. The van der Waals surface area contributed by atoms with Gasteiger partial charge in [-0.2, -0.15) is 9.57 Å². The Kier molecular flexibility index (Phi) is 7.68. The topological polar surface area (TPSA) is 126 Å². The number of nitrogens with zero attached hydrogens (tertiary/aromatic N) is 2. The quantitative estimate of drug-likeness (QED) is 0.615. The maximum Gasteiger partial charge on any atom is 0.309 e. The highest BCUT2D eigenvalue weighted by Gasteiger charge is 2.34. The van der Waals surface area contributed by atoms with Crippen molar-refractivity contribution < 1.29 is 27.5 Å². The molecule has 1 aliphatic heterocycles. The summed E-state index contributed by atoms with van der Waals surface area (Å²) in [6.07, 6.45) is -0.412. The Morgan fingerprint density at radius 2 is 1.70 bits per heavy atom. The third kappa shape index (κ3) is 5.88. The minimum absolute atomic E-state index is 0.164. The van der Waals surface area contributed by atoms with Gasteiger partial charge >= 0.3 is 5.97 Å². The number of hydrogen-bond donors (Lipinski definition) is 1. The molecule has 0 saturated carbocycles. The fourth-order valence-electron chi connectivity index (χ4n) is 3.42. The van der Waals surface area contributed by atoms with E-state index in [9.17, 15) is 18.0 Å². The fourth-order valence-corrected chi connectivity index (χ4v) is 4.89. The predicted molar refractivity (Wildman–Crippen MR) is 120 cm³/mol. The Hall–Kier alpha value is -3.42. The summed E-state index contributed by atoms with van der Waals surface area (Å²) in [5.74, 6) is -0.947. The van der Waals surface area contributed by atoms with Crippen molar-refractivity contribution in [3.05, 3.63) is 54.1 Å². The van der Waals surface area contributed by atoms with Crippen molar-refractivity contribution in [3.8, 4) is 11.8 Å².